The van der Waals surface area contributed by atoms with Gasteiger partial charge in [0.25, 0.3) is 0 Å². The van der Waals surface area contributed by atoms with Crippen LogP contribution in [0.2, 0.25) is 5.02 Å². The van der Waals surface area contributed by atoms with Crippen molar-refractivity contribution in [3.05, 3.63) is 66.1 Å². The molecule has 0 radical (unpaired) electrons. The third-order valence-corrected chi connectivity index (χ3v) is 3.59. The van der Waals surface area contributed by atoms with Crippen molar-refractivity contribution in [3.63, 3.8) is 0 Å². The van der Waals surface area contributed by atoms with E-state index in [1.165, 1.54) is 6.33 Å². The Morgan fingerprint density at radius 1 is 0.864 bits per heavy atom. The Hall–Kier alpha value is -2.72. The Morgan fingerprint density at radius 3 is 2.77 bits per heavy atom. The first-order valence-corrected chi connectivity index (χ1v) is 7.10. The van der Waals surface area contributed by atoms with Crippen LogP contribution in [0.1, 0.15) is 0 Å². The lowest BCUT2D eigenvalue weighted by Gasteiger charge is -2.08. The SMILES string of the molecule is Clc1ccc2c(Oc3ccc4ncccc4c3)ncnc2c1. The molecule has 5 heteroatoms. The van der Waals surface area contributed by atoms with Gasteiger partial charge in [0.2, 0.25) is 5.88 Å². The third-order valence-electron chi connectivity index (χ3n) is 3.35. The number of aromatic nitrogens is 3. The lowest BCUT2D eigenvalue weighted by molar-refractivity contribution is 0.469. The lowest BCUT2D eigenvalue weighted by atomic mass is 10.2. The van der Waals surface area contributed by atoms with Crippen LogP contribution < -0.4 is 4.74 Å². The minimum atomic E-state index is 0.505. The fraction of sp³-hybridized carbons (Fsp3) is 0. The van der Waals surface area contributed by atoms with E-state index in [1.807, 2.05) is 36.4 Å². The van der Waals surface area contributed by atoms with Gasteiger partial charge in [0.05, 0.1) is 16.4 Å². The van der Waals surface area contributed by atoms with Gasteiger partial charge >= 0.3 is 0 Å². The Morgan fingerprint density at radius 2 is 1.82 bits per heavy atom. The maximum Gasteiger partial charge on any atom is 0.230 e. The van der Waals surface area contributed by atoms with Gasteiger partial charge < -0.3 is 4.74 Å². The fourth-order valence-corrected chi connectivity index (χ4v) is 2.48. The van der Waals surface area contributed by atoms with E-state index in [1.54, 1.807) is 18.3 Å². The topological polar surface area (TPSA) is 47.9 Å². The molecule has 2 aromatic carbocycles. The van der Waals surface area contributed by atoms with Crippen LogP contribution in [0.4, 0.5) is 0 Å². The molecule has 0 bridgehead atoms. The van der Waals surface area contributed by atoms with Crippen LogP contribution in [-0.4, -0.2) is 15.0 Å². The number of hydrogen-bond acceptors (Lipinski definition) is 4. The number of halogens is 1. The van der Waals surface area contributed by atoms with Crippen molar-refractivity contribution in [3.8, 4) is 11.6 Å². The zero-order valence-corrected chi connectivity index (χ0v) is 12.2. The van der Waals surface area contributed by atoms with Crippen LogP contribution in [0.25, 0.3) is 21.8 Å². The molecule has 0 fully saturated rings. The van der Waals surface area contributed by atoms with E-state index in [-0.39, 0.29) is 0 Å². The van der Waals surface area contributed by atoms with E-state index < -0.39 is 0 Å². The molecule has 22 heavy (non-hydrogen) atoms. The predicted molar refractivity (Wildman–Crippen MR) is 86.4 cm³/mol. The standard InChI is InChI=1S/C17H10ClN3O/c18-12-3-5-14-16(9-12)20-10-21-17(14)22-13-4-6-15-11(8-13)2-1-7-19-15/h1-10H. The molecule has 0 saturated carbocycles. The second-order valence-electron chi connectivity index (χ2n) is 4.80. The van der Waals surface area contributed by atoms with E-state index in [4.69, 9.17) is 16.3 Å². The van der Waals surface area contributed by atoms with Crippen molar-refractivity contribution in [1.82, 2.24) is 15.0 Å². The van der Waals surface area contributed by atoms with Crippen molar-refractivity contribution in [1.29, 1.82) is 0 Å². The van der Waals surface area contributed by atoms with Crippen molar-refractivity contribution in [2.75, 3.05) is 0 Å². The Kier molecular flexibility index (Phi) is 3.09. The second-order valence-corrected chi connectivity index (χ2v) is 5.24. The summed E-state index contributed by atoms with van der Waals surface area (Å²) in [4.78, 5) is 12.7. The van der Waals surface area contributed by atoms with E-state index in [0.717, 1.165) is 21.8 Å². The molecule has 0 spiro atoms. The van der Waals surface area contributed by atoms with Gasteiger partial charge in [0.1, 0.15) is 12.1 Å². The van der Waals surface area contributed by atoms with Gasteiger partial charge in [-0.15, -0.1) is 0 Å². The number of pyridine rings is 1. The highest BCUT2D eigenvalue weighted by atomic mass is 35.5. The van der Waals surface area contributed by atoms with Gasteiger partial charge in [-0.2, -0.15) is 0 Å². The quantitative estimate of drug-likeness (QED) is 0.542. The highest BCUT2D eigenvalue weighted by Crippen LogP contribution is 2.29. The number of benzene rings is 2. The first kappa shape index (κ1) is 13.0. The van der Waals surface area contributed by atoms with Crippen LogP contribution in [0.3, 0.4) is 0 Å². The largest absolute Gasteiger partial charge is 0.438 e. The molecule has 4 nitrogen and oxygen atoms in total. The number of fused-ring (bicyclic) bond motifs is 2. The van der Waals surface area contributed by atoms with Crippen LogP contribution in [0.15, 0.2) is 61.1 Å². The van der Waals surface area contributed by atoms with E-state index in [0.29, 0.717) is 16.7 Å². The summed E-state index contributed by atoms with van der Waals surface area (Å²) >= 11 is 5.99. The smallest absolute Gasteiger partial charge is 0.230 e. The van der Waals surface area contributed by atoms with Crippen molar-refractivity contribution in [2.24, 2.45) is 0 Å². The molecule has 0 aliphatic rings. The lowest BCUT2D eigenvalue weighted by Crippen LogP contribution is -1.91. The Bertz CT molecular complexity index is 988. The van der Waals surface area contributed by atoms with Crippen LogP contribution >= 0.6 is 11.6 Å². The Labute approximate surface area is 131 Å². The summed E-state index contributed by atoms with van der Waals surface area (Å²) in [6.45, 7) is 0. The van der Waals surface area contributed by atoms with Crippen LogP contribution in [0.5, 0.6) is 11.6 Å². The second kappa shape index (κ2) is 5.24. The minimum absolute atomic E-state index is 0.505. The monoisotopic (exact) mass is 307 g/mol. The molecule has 0 unspecified atom stereocenters. The molecule has 0 aliphatic carbocycles. The molecular weight excluding hydrogens is 298 g/mol. The number of ether oxygens (including phenoxy) is 1. The first-order valence-electron chi connectivity index (χ1n) is 6.72. The highest BCUT2D eigenvalue weighted by Gasteiger charge is 2.07. The van der Waals surface area contributed by atoms with Crippen molar-refractivity contribution >= 4 is 33.4 Å². The van der Waals surface area contributed by atoms with E-state index >= 15 is 0 Å². The molecule has 0 atom stereocenters. The molecular formula is C17H10ClN3O. The number of hydrogen-bond donors (Lipinski definition) is 0. The first-order chi connectivity index (χ1) is 10.8. The summed E-state index contributed by atoms with van der Waals surface area (Å²) < 4.78 is 5.92. The summed E-state index contributed by atoms with van der Waals surface area (Å²) in [6.07, 6.45) is 3.24. The molecule has 106 valence electrons. The van der Waals surface area contributed by atoms with Gasteiger partial charge in [-0.3, -0.25) is 4.98 Å². The number of nitrogens with zero attached hydrogens (tertiary/aromatic N) is 3. The van der Waals surface area contributed by atoms with Gasteiger partial charge in [0, 0.05) is 16.6 Å². The minimum Gasteiger partial charge on any atom is -0.438 e. The third kappa shape index (κ3) is 2.34. The molecule has 2 aromatic heterocycles. The molecule has 0 amide bonds. The number of rotatable bonds is 2. The van der Waals surface area contributed by atoms with Gasteiger partial charge in [-0.05, 0) is 42.5 Å². The summed E-state index contributed by atoms with van der Waals surface area (Å²) in [7, 11) is 0. The molecule has 4 rings (SSSR count). The van der Waals surface area contributed by atoms with Gasteiger partial charge in [-0.25, -0.2) is 9.97 Å². The van der Waals surface area contributed by atoms with Gasteiger partial charge in [0.15, 0.2) is 0 Å². The average molecular weight is 308 g/mol. The molecule has 2 heterocycles. The van der Waals surface area contributed by atoms with Crippen LogP contribution in [0, 0.1) is 0 Å². The van der Waals surface area contributed by atoms with E-state index in [9.17, 15) is 0 Å². The predicted octanol–water partition coefficient (Wildman–Crippen LogP) is 4.62. The normalized spacial score (nSPS) is 11.0. The van der Waals surface area contributed by atoms with Crippen LogP contribution in [-0.2, 0) is 0 Å². The Balaban J connectivity index is 1.78. The molecule has 4 aromatic rings. The molecule has 0 saturated heterocycles. The molecule has 0 N–H and O–H groups in total. The van der Waals surface area contributed by atoms with Gasteiger partial charge in [-0.1, -0.05) is 17.7 Å². The maximum atomic E-state index is 5.99. The average Bonchev–Trinajstić information content (AvgIpc) is 2.55. The van der Waals surface area contributed by atoms with Crippen molar-refractivity contribution < 1.29 is 4.74 Å². The summed E-state index contributed by atoms with van der Waals surface area (Å²) in [5.41, 5.74) is 1.68. The highest BCUT2D eigenvalue weighted by molar-refractivity contribution is 6.31. The van der Waals surface area contributed by atoms with Crippen molar-refractivity contribution in [2.45, 2.75) is 0 Å². The fourth-order valence-electron chi connectivity index (χ4n) is 2.32. The zero-order chi connectivity index (χ0) is 14.9. The summed E-state index contributed by atoms with van der Waals surface area (Å²) in [5, 5.41) is 2.47. The summed E-state index contributed by atoms with van der Waals surface area (Å²) in [5.74, 6) is 1.21. The zero-order valence-electron chi connectivity index (χ0n) is 11.4. The molecule has 0 aliphatic heterocycles. The maximum absolute atomic E-state index is 5.99. The van der Waals surface area contributed by atoms with E-state index in [2.05, 4.69) is 15.0 Å². The summed E-state index contributed by atoms with van der Waals surface area (Å²) in [6, 6.07) is 15.1.